The number of hydrogen-bond donors (Lipinski definition) is 2. The van der Waals surface area contributed by atoms with Gasteiger partial charge in [0.25, 0.3) is 15.7 Å². The van der Waals surface area contributed by atoms with E-state index in [2.05, 4.69) is 4.72 Å². The Morgan fingerprint density at radius 1 is 1.33 bits per heavy atom. The zero-order valence-corrected chi connectivity index (χ0v) is 12.1. The predicted molar refractivity (Wildman–Crippen MR) is 76.1 cm³/mol. The maximum atomic E-state index is 13.3. The smallest absolute Gasteiger partial charge is 0.274 e. The zero-order valence-electron chi connectivity index (χ0n) is 10.4. The normalized spacial score (nSPS) is 11.3. The number of nitrogens with zero attached hydrogens (tertiary/aromatic N) is 1. The standard InChI is InChI=1S/C11H10FN3O4S2/c12-7-3-8(5-9(4-7)15(16)17)14-21(18,19)11-2-1-10(6-13)20-11/h1-5,14H,6,13H2. The third kappa shape index (κ3) is 3.54. The first-order valence-corrected chi connectivity index (χ1v) is 7.88. The Balaban J connectivity index is 2.34. The van der Waals surface area contributed by atoms with Gasteiger partial charge in [-0.05, 0) is 18.2 Å². The number of sulfonamides is 1. The van der Waals surface area contributed by atoms with Crippen LogP contribution in [0.4, 0.5) is 15.8 Å². The van der Waals surface area contributed by atoms with E-state index in [0.29, 0.717) is 10.9 Å². The molecule has 112 valence electrons. The highest BCUT2D eigenvalue weighted by Crippen LogP contribution is 2.26. The fourth-order valence-electron chi connectivity index (χ4n) is 1.56. The van der Waals surface area contributed by atoms with Gasteiger partial charge in [0.15, 0.2) is 0 Å². The van der Waals surface area contributed by atoms with Gasteiger partial charge in [-0.1, -0.05) is 0 Å². The summed E-state index contributed by atoms with van der Waals surface area (Å²) in [5.74, 6) is -0.907. The van der Waals surface area contributed by atoms with Crippen LogP contribution in [-0.4, -0.2) is 13.3 Å². The number of halogens is 1. The number of anilines is 1. The fourth-order valence-corrected chi connectivity index (χ4v) is 3.83. The Morgan fingerprint density at radius 3 is 2.62 bits per heavy atom. The molecule has 0 amide bonds. The van der Waals surface area contributed by atoms with Crippen LogP contribution in [0, 0.1) is 15.9 Å². The van der Waals surface area contributed by atoms with Crippen molar-refractivity contribution < 1.29 is 17.7 Å². The molecule has 0 fully saturated rings. The molecule has 1 aromatic carbocycles. The van der Waals surface area contributed by atoms with Crippen LogP contribution in [-0.2, 0) is 16.6 Å². The van der Waals surface area contributed by atoms with Crippen molar-refractivity contribution in [3.8, 4) is 0 Å². The molecule has 2 rings (SSSR count). The second kappa shape index (κ2) is 5.76. The minimum absolute atomic E-state index is 0.00476. The van der Waals surface area contributed by atoms with Crippen molar-refractivity contribution >= 4 is 32.7 Å². The minimum atomic E-state index is -3.94. The molecule has 10 heteroatoms. The third-order valence-electron chi connectivity index (χ3n) is 2.45. The summed E-state index contributed by atoms with van der Waals surface area (Å²) in [7, 11) is -3.94. The Morgan fingerprint density at radius 2 is 2.05 bits per heavy atom. The van der Waals surface area contributed by atoms with Gasteiger partial charge in [-0.2, -0.15) is 0 Å². The van der Waals surface area contributed by atoms with Gasteiger partial charge < -0.3 is 5.73 Å². The van der Waals surface area contributed by atoms with E-state index in [9.17, 15) is 22.9 Å². The van der Waals surface area contributed by atoms with Gasteiger partial charge >= 0.3 is 0 Å². The highest BCUT2D eigenvalue weighted by Gasteiger charge is 2.19. The van der Waals surface area contributed by atoms with E-state index in [1.165, 1.54) is 6.07 Å². The first-order valence-electron chi connectivity index (χ1n) is 5.58. The summed E-state index contributed by atoms with van der Waals surface area (Å²) in [5, 5.41) is 10.6. The van der Waals surface area contributed by atoms with Crippen molar-refractivity contribution in [2.75, 3.05) is 4.72 Å². The molecule has 0 radical (unpaired) electrons. The van der Waals surface area contributed by atoms with Gasteiger partial charge in [0.2, 0.25) is 0 Å². The number of non-ortho nitro benzene ring substituents is 1. The summed E-state index contributed by atoms with van der Waals surface area (Å²) >= 11 is 0.971. The lowest BCUT2D eigenvalue weighted by atomic mass is 10.3. The van der Waals surface area contributed by atoms with Gasteiger partial charge in [-0.25, -0.2) is 12.8 Å². The molecule has 0 bridgehead atoms. The van der Waals surface area contributed by atoms with Gasteiger partial charge in [0, 0.05) is 17.5 Å². The lowest BCUT2D eigenvalue weighted by Gasteiger charge is -2.06. The van der Waals surface area contributed by atoms with Gasteiger partial charge in [-0.15, -0.1) is 11.3 Å². The molecule has 0 atom stereocenters. The van der Waals surface area contributed by atoms with Gasteiger partial charge in [0.1, 0.15) is 10.0 Å². The molecule has 0 unspecified atom stereocenters. The summed E-state index contributed by atoms with van der Waals surface area (Å²) in [6, 6.07) is 5.44. The predicted octanol–water partition coefficient (Wildman–Crippen LogP) is 2.05. The molecule has 2 aromatic rings. The van der Waals surface area contributed by atoms with Crippen molar-refractivity contribution in [3.05, 3.63) is 51.1 Å². The topological polar surface area (TPSA) is 115 Å². The van der Waals surface area contributed by atoms with E-state index in [-0.39, 0.29) is 16.4 Å². The van der Waals surface area contributed by atoms with Crippen LogP contribution in [0.5, 0.6) is 0 Å². The molecule has 0 aliphatic carbocycles. The number of nitrogens with one attached hydrogen (secondary N) is 1. The Labute approximate surface area is 123 Å². The SMILES string of the molecule is NCc1ccc(S(=O)(=O)Nc2cc(F)cc([N+](=O)[O-])c2)s1. The molecule has 7 nitrogen and oxygen atoms in total. The van der Waals surface area contributed by atoms with Crippen molar-refractivity contribution in [2.45, 2.75) is 10.8 Å². The molecule has 0 spiro atoms. The van der Waals surface area contributed by atoms with Crippen molar-refractivity contribution in [3.63, 3.8) is 0 Å². The van der Waals surface area contributed by atoms with E-state index in [0.717, 1.165) is 23.5 Å². The number of nitro groups is 1. The highest BCUT2D eigenvalue weighted by molar-refractivity contribution is 7.94. The van der Waals surface area contributed by atoms with Crippen LogP contribution >= 0.6 is 11.3 Å². The number of hydrogen-bond acceptors (Lipinski definition) is 6. The molecule has 0 saturated heterocycles. The number of nitrogens with two attached hydrogens (primary N) is 1. The van der Waals surface area contributed by atoms with Gasteiger partial charge in [0.05, 0.1) is 16.7 Å². The number of rotatable bonds is 5. The summed E-state index contributed by atoms with van der Waals surface area (Å²) in [5.41, 5.74) is 4.64. The average Bonchev–Trinajstić information content (AvgIpc) is 2.86. The maximum Gasteiger partial charge on any atom is 0.274 e. The van der Waals surface area contributed by atoms with Crippen LogP contribution in [0.15, 0.2) is 34.5 Å². The quantitative estimate of drug-likeness (QED) is 0.642. The Bertz CT molecular complexity index is 789. The monoisotopic (exact) mass is 331 g/mol. The lowest BCUT2D eigenvalue weighted by Crippen LogP contribution is -2.11. The molecular weight excluding hydrogens is 321 g/mol. The fraction of sp³-hybridized carbons (Fsp3) is 0.0909. The third-order valence-corrected chi connectivity index (χ3v) is 5.43. The average molecular weight is 331 g/mol. The van der Waals surface area contributed by atoms with Crippen LogP contribution in [0.3, 0.4) is 0 Å². The minimum Gasteiger partial charge on any atom is -0.326 e. The van der Waals surface area contributed by atoms with Crippen LogP contribution in [0.2, 0.25) is 0 Å². The van der Waals surface area contributed by atoms with E-state index in [1.54, 1.807) is 6.07 Å². The second-order valence-electron chi connectivity index (χ2n) is 3.99. The Kier molecular flexibility index (Phi) is 4.21. The summed E-state index contributed by atoms with van der Waals surface area (Å²) in [6.45, 7) is 0.200. The highest BCUT2D eigenvalue weighted by atomic mass is 32.2. The summed E-state index contributed by atoms with van der Waals surface area (Å²) in [4.78, 5) is 10.5. The Hall–Kier alpha value is -2.04. The van der Waals surface area contributed by atoms with Crippen LogP contribution in [0.25, 0.3) is 0 Å². The van der Waals surface area contributed by atoms with Crippen molar-refractivity contribution in [1.29, 1.82) is 0 Å². The molecule has 0 saturated carbocycles. The molecular formula is C11H10FN3O4S2. The number of nitro benzene ring substituents is 1. The first kappa shape index (κ1) is 15.4. The molecule has 1 heterocycles. The zero-order chi connectivity index (χ0) is 15.6. The van der Waals surface area contributed by atoms with Crippen LogP contribution in [0.1, 0.15) is 4.88 Å². The molecule has 3 N–H and O–H groups in total. The lowest BCUT2D eigenvalue weighted by molar-refractivity contribution is -0.385. The van der Waals surface area contributed by atoms with Gasteiger partial charge in [-0.3, -0.25) is 14.8 Å². The first-order chi connectivity index (χ1) is 9.81. The number of thiophene rings is 1. The molecule has 21 heavy (non-hydrogen) atoms. The van der Waals surface area contributed by atoms with Crippen molar-refractivity contribution in [1.82, 2.24) is 0 Å². The maximum absolute atomic E-state index is 13.3. The number of benzene rings is 1. The van der Waals surface area contributed by atoms with Crippen molar-refractivity contribution in [2.24, 2.45) is 5.73 Å². The molecule has 0 aliphatic rings. The van der Waals surface area contributed by atoms with E-state index in [1.807, 2.05) is 0 Å². The molecule has 0 aliphatic heterocycles. The second-order valence-corrected chi connectivity index (χ2v) is 7.06. The summed E-state index contributed by atoms with van der Waals surface area (Å²) < 4.78 is 39.6. The van der Waals surface area contributed by atoms with Crippen LogP contribution < -0.4 is 10.5 Å². The summed E-state index contributed by atoms with van der Waals surface area (Å²) in [6.07, 6.45) is 0. The largest absolute Gasteiger partial charge is 0.326 e. The van der Waals surface area contributed by atoms with E-state index in [4.69, 9.17) is 5.73 Å². The van der Waals surface area contributed by atoms with E-state index >= 15 is 0 Å². The van der Waals surface area contributed by atoms with E-state index < -0.39 is 26.5 Å². The molecule has 1 aromatic heterocycles.